The smallest absolute Gasteiger partial charge is 0.0205 e. The van der Waals surface area contributed by atoms with E-state index >= 15 is 0 Å². The molecule has 0 aliphatic heterocycles. The summed E-state index contributed by atoms with van der Waals surface area (Å²) in [5.41, 5.74) is 5.39. The minimum absolute atomic E-state index is 0.712. The molecule has 0 radical (unpaired) electrons. The van der Waals surface area contributed by atoms with Crippen molar-refractivity contribution in [2.24, 2.45) is 5.92 Å². The highest BCUT2D eigenvalue weighted by molar-refractivity contribution is 5.64. The molecule has 0 saturated heterocycles. The number of rotatable bonds is 7. The van der Waals surface area contributed by atoms with E-state index in [1.807, 2.05) is 0 Å². The summed E-state index contributed by atoms with van der Waals surface area (Å²) in [5, 5.41) is 3.46. The summed E-state index contributed by atoms with van der Waals surface area (Å²) in [4.78, 5) is 0. The van der Waals surface area contributed by atoms with Crippen molar-refractivity contribution >= 4 is 0 Å². The van der Waals surface area contributed by atoms with E-state index in [1.165, 1.54) is 28.7 Å². The third-order valence-corrected chi connectivity index (χ3v) is 3.61. The normalized spacial score (nSPS) is 11.0. The van der Waals surface area contributed by atoms with Crippen LogP contribution in [0.3, 0.4) is 0 Å². The predicted octanol–water partition coefficient (Wildman–Crippen LogP) is 5.05. The van der Waals surface area contributed by atoms with E-state index in [2.05, 4.69) is 74.6 Å². The van der Waals surface area contributed by atoms with Gasteiger partial charge < -0.3 is 5.32 Å². The predicted molar refractivity (Wildman–Crippen MR) is 92.4 cm³/mol. The molecule has 0 amide bonds. The zero-order valence-electron chi connectivity index (χ0n) is 13.5. The molecule has 0 bridgehead atoms. The molecule has 0 aromatic heterocycles. The summed E-state index contributed by atoms with van der Waals surface area (Å²) in [5.74, 6) is 0.712. The van der Waals surface area contributed by atoms with E-state index in [0.717, 1.165) is 19.5 Å². The van der Waals surface area contributed by atoms with Crippen LogP contribution in [0.1, 0.15) is 38.3 Å². The van der Waals surface area contributed by atoms with Crippen LogP contribution in [0, 0.1) is 5.92 Å². The lowest BCUT2D eigenvalue weighted by Crippen LogP contribution is -2.13. The van der Waals surface area contributed by atoms with E-state index < -0.39 is 0 Å². The number of hydrogen-bond donors (Lipinski definition) is 1. The van der Waals surface area contributed by atoms with Gasteiger partial charge in [0.15, 0.2) is 0 Å². The standard InChI is InChI=1S/C20H27N/c1-4-12-21-15-18-6-5-7-20(14-18)19-10-8-17(9-11-19)13-16(2)3/h5-11,14,16,21H,4,12-13,15H2,1-3H3. The van der Waals surface area contributed by atoms with Crippen molar-refractivity contribution in [3.05, 3.63) is 59.7 Å². The summed E-state index contributed by atoms with van der Waals surface area (Å²) < 4.78 is 0. The molecular formula is C20H27N. The van der Waals surface area contributed by atoms with Crippen LogP contribution in [-0.4, -0.2) is 6.54 Å². The van der Waals surface area contributed by atoms with Crippen LogP contribution in [0.4, 0.5) is 0 Å². The first-order valence-corrected chi connectivity index (χ1v) is 8.08. The van der Waals surface area contributed by atoms with Gasteiger partial charge in [0.2, 0.25) is 0 Å². The largest absolute Gasteiger partial charge is 0.313 e. The van der Waals surface area contributed by atoms with Crippen molar-refractivity contribution in [2.75, 3.05) is 6.54 Å². The Labute approximate surface area is 129 Å². The Hall–Kier alpha value is -1.60. The lowest BCUT2D eigenvalue weighted by molar-refractivity contribution is 0.647. The first-order valence-electron chi connectivity index (χ1n) is 8.08. The minimum Gasteiger partial charge on any atom is -0.313 e. The van der Waals surface area contributed by atoms with Crippen LogP contribution in [0.2, 0.25) is 0 Å². The summed E-state index contributed by atoms with van der Waals surface area (Å²) >= 11 is 0. The van der Waals surface area contributed by atoms with Gasteiger partial charge in [-0.15, -0.1) is 0 Å². The summed E-state index contributed by atoms with van der Waals surface area (Å²) in [7, 11) is 0. The van der Waals surface area contributed by atoms with E-state index in [4.69, 9.17) is 0 Å². The van der Waals surface area contributed by atoms with Gasteiger partial charge in [-0.2, -0.15) is 0 Å². The molecule has 0 atom stereocenters. The van der Waals surface area contributed by atoms with Gasteiger partial charge in [0.25, 0.3) is 0 Å². The summed E-state index contributed by atoms with van der Waals surface area (Å²) in [6.45, 7) is 8.75. The highest BCUT2D eigenvalue weighted by Crippen LogP contribution is 2.22. The second kappa shape index (κ2) is 7.99. The quantitative estimate of drug-likeness (QED) is 0.700. The Balaban J connectivity index is 2.08. The van der Waals surface area contributed by atoms with Crippen molar-refractivity contribution in [3.8, 4) is 11.1 Å². The molecule has 1 N–H and O–H groups in total. The fraction of sp³-hybridized carbons (Fsp3) is 0.400. The zero-order chi connectivity index (χ0) is 15.1. The zero-order valence-corrected chi connectivity index (χ0v) is 13.5. The van der Waals surface area contributed by atoms with Crippen LogP contribution >= 0.6 is 0 Å². The van der Waals surface area contributed by atoms with Gasteiger partial charge >= 0.3 is 0 Å². The molecule has 0 unspecified atom stereocenters. The molecule has 0 fully saturated rings. The van der Waals surface area contributed by atoms with Gasteiger partial charge in [-0.1, -0.05) is 63.2 Å². The highest BCUT2D eigenvalue weighted by Gasteiger charge is 2.01. The van der Waals surface area contributed by atoms with Crippen molar-refractivity contribution in [1.29, 1.82) is 0 Å². The Kier molecular flexibility index (Phi) is 6.01. The van der Waals surface area contributed by atoms with Gasteiger partial charge in [-0.25, -0.2) is 0 Å². The van der Waals surface area contributed by atoms with E-state index in [1.54, 1.807) is 0 Å². The highest BCUT2D eigenvalue weighted by atomic mass is 14.8. The summed E-state index contributed by atoms with van der Waals surface area (Å²) in [6.07, 6.45) is 2.33. The van der Waals surface area contributed by atoms with Gasteiger partial charge in [0.1, 0.15) is 0 Å². The van der Waals surface area contributed by atoms with E-state index in [-0.39, 0.29) is 0 Å². The molecule has 0 spiro atoms. The molecule has 0 aliphatic carbocycles. The Morgan fingerprint density at radius 3 is 2.33 bits per heavy atom. The van der Waals surface area contributed by atoms with Crippen LogP contribution < -0.4 is 5.32 Å². The number of benzene rings is 2. The molecule has 2 aromatic rings. The maximum atomic E-state index is 3.46. The third-order valence-electron chi connectivity index (χ3n) is 3.61. The van der Waals surface area contributed by atoms with Gasteiger partial charge in [0.05, 0.1) is 0 Å². The first kappa shape index (κ1) is 15.8. The Morgan fingerprint density at radius 1 is 0.905 bits per heavy atom. The fourth-order valence-corrected chi connectivity index (χ4v) is 2.58. The number of nitrogens with one attached hydrogen (secondary N) is 1. The van der Waals surface area contributed by atoms with Crippen LogP contribution in [0.15, 0.2) is 48.5 Å². The first-order chi connectivity index (χ1) is 10.2. The topological polar surface area (TPSA) is 12.0 Å². The van der Waals surface area contributed by atoms with Crippen LogP contribution in [0.25, 0.3) is 11.1 Å². The number of hydrogen-bond acceptors (Lipinski definition) is 1. The average Bonchev–Trinajstić information content (AvgIpc) is 2.48. The van der Waals surface area contributed by atoms with Crippen molar-refractivity contribution in [2.45, 2.75) is 40.2 Å². The Bertz CT molecular complexity index is 540. The summed E-state index contributed by atoms with van der Waals surface area (Å²) in [6, 6.07) is 17.8. The van der Waals surface area contributed by atoms with Crippen LogP contribution in [-0.2, 0) is 13.0 Å². The van der Waals surface area contributed by atoms with Crippen molar-refractivity contribution < 1.29 is 0 Å². The van der Waals surface area contributed by atoms with E-state index in [9.17, 15) is 0 Å². The Morgan fingerprint density at radius 2 is 1.67 bits per heavy atom. The second-order valence-corrected chi connectivity index (χ2v) is 6.17. The van der Waals surface area contributed by atoms with Gasteiger partial charge in [-0.3, -0.25) is 0 Å². The van der Waals surface area contributed by atoms with E-state index in [0.29, 0.717) is 5.92 Å². The van der Waals surface area contributed by atoms with Crippen molar-refractivity contribution in [3.63, 3.8) is 0 Å². The molecule has 0 heterocycles. The second-order valence-electron chi connectivity index (χ2n) is 6.17. The SMILES string of the molecule is CCCNCc1cccc(-c2ccc(CC(C)C)cc2)c1. The molecule has 0 aliphatic rings. The molecule has 112 valence electrons. The third kappa shape index (κ3) is 5.02. The molecule has 1 heteroatoms. The molecule has 21 heavy (non-hydrogen) atoms. The lowest BCUT2D eigenvalue weighted by Gasteiger charge is -2.09. The molecule has 2 aromatic carbocycles. The minimum atomic E-state index is 0.712. The molecular weight excluding hydrogens is 254 g/mol. The van der Waals surface area contributed by atoms with Gasteiger partial charge in [0, 0.05) is 6.54 Å². The monoisotopic (exact) mass is 281 g/mol. The van der Waals surface area contributed by atoms with Crippen LogP contribution in [0.5, 0.6) is 0 Å². The molecule has 0 saturated carbocycles. The maximum Gasteiger partial charge on any atom is 0.0205 e. The average molecular weight is 281 g/mol. The van der Waals surface area contributed by atoms with Crippen molar-refractivity contribution in [1.82, 2.24) is 5.32 Å². The maximum absolute atomic E-state index is 3.46. The molecule has 1 nitrogen and oxygen atoms in total. The molecule has 2 rings (SSSR count). The lowest BCUT2D eigenvalue weighted by atomic mass is 9.98. The van der Waals surface area contributed by atoms with Gasteiger partial charge in [-0.05, 0) is 53.6 Å². The fourth-order valence-electron chi connectivity index (χ4n) is 2.58.